The van der Waals surface area contributed by atoms with Crippen molar-refractivity contribution in [2.45, 2.75) is 52.6 Å². The third-order valence-corrected chi connectivity index (χ3v) is 6.80. The number of hydrogen-bond acceptors (Lipinski definition) is 3. The van der Waals surface area contributed by atoms with Crippen LogP contribution in [-0.4, -0.2) is 45.8 Å². The summed E-state index contributed by atoms with van der Waals surface area (Å²) in [6.07, 6.45) is 1.38. The second-order valence-electron chi connectivity index (χ2n) is 10.1. The zero-order chi connectivity index (χ0) is 26.0. The van der Waals surface area contributed by atoms with E-state index in [1.807, 2.05) is 30.3 Å². The molecule has 0 saturated carbocycles. The van der Waals surface area contributed by atoms with Crippen LogP contribution in [0.5, 0.6) is 0 Å². The van der Waals surface area contributed by atoms with E-state index in [1.54, 1.807) is 22.5 Å². The van der Waals surface area contributed by atoms with Gasteiger partial charge in [-0.05, 0) is 49.4 Å². The molecule has 190 valence electrons. The van der Waals surface area contributed by atoms with Gasteiger partial charge in [0.2, 0.25) is 11.8 Å². The van der Waals surface area contributed by atoms with Gasteiger partial charge in [-0.15, -0.1) is 0 Å². The van der Waals surface area contributed by atoms with Crippen LogP contribution in [0.4, 0.5) is 10.1 Å². The SMILES string of the molecule is CC(=O)Nc1c2n(c3ccc(F)cc13)C[C@](C)(C(=O)NCCC(C)C)N(CCc1ccccc1)C2=O. The first-order valence-corrected chi connectivity index (χ1v) is 12.4. The summed E-state index contributed by atoms with van der Waals surface area (Å²) in [6, 6.07) is 14.0. The Labute approximate surface area is 210 Å². The predicted molar refractivity (Wildman–Crippen MR) is 138 cm³/mol. The number of anilines is 1. The van der Waals surface area contributed by atoms with Crippen molar-refractivity contribution in [1.29, 1.82) is 0 Å². The number of carbonyl (C=O) groups is 3. The zero-order valence-electron chi connectivity index (χ0n) is 21.2. The molecule has 3 amide bonds. The van der Waals surface area contributed by atoms with Crippen LogP contribution in [-0.2, 0) is 22.6 Å². The maximum atomic E-state index is 14.2. The van der Waals surface area contributed by atoms with Crippen LogP contribution < -0.4 is 10.6 Å². The van der Waals surface area contributed by atoms with E-state index in [2.05, 4.69) is 24.5 Å². The molecule has 2 heterocycles. The maximum absolute atomic E-state index is 14.2. The molecule has 2 aromatic carbocycles. The molecule has 0 aliphatic carbocycles. The summed E-state index contributed by atoms with van der Waals surface area (Å²) >= 11 is 0. The number of aromatic nitrogens is 1. The lowest BCUT2D eigenvalue weighted by atomic mass is 9.93. The Kier molecular flexibility index (Phi) is 7.15. The lowest BCUT2D eigenvalue weighted by Gasteiger charge is -2.44. The Morgan fingerprint density at radius 1 is 1.14 bits per heavy atom. The minimum atomic E-state index is -1.18. The van der Waals surface area contributed by atoms with Gasteiger partial charge in [-0.3, -0.25) is 14.4 Å². The average molecular weight is 493 g/mol. The number of halogens is 1. The minimum absolute atomic E-state index is 0.179. The summed E-state index contributed by atoms with van der Waals surface area (Å²) in [6.45, 7) is 8.30. The standard InChI is InChI=1S/C28H33FN4O3/c1-18(2)12-14-30-27(36)28(4)17-32-23-11-10-21(29)16-22(23)24(31-19(3)34)25(32)26(35)33(28)15-13-20-8-6-5-7-9-20/h5-11,16,18H,12-15,17H2,1-4H3,(H,30,36)(H,31,34)/t28-/m1/s1. The number of benzene rings is 2. The number of amides is 3. The Morgan fingerprint density at radius 2 is 1.86 bits per heavy atom. The number of nitrogens with zero attached hydrogens (tertiary/aromatic N) is 2. The van der Waals surface area contributed by atoms with E-state index in [-0.39, 0.29) is 35.6 Å². The fraction of sp³-hybridized carbons (Fsp3) is 0.393. The van der Waals surface area contributed by atoms with E-state index in [4.69, 9.17) is 0 Å². The van der Waals surface area contributed by atoms with Crippen LogP contribution in [0, 0.1) is 11.7 Å². The second kappa shape index (κ2) is 10.1. The van der Waals surface area contributed by atoms with Crippen molar-refractivity contribution >= 4 is 34.3 Å². The highest BCUT2D eigenvalue weighted by atomic mass is 19.1. The summed E-state index contributed by atoms with van der Waals surface area (Å²) in [5, 5.41) is 6.19. The van der Waals surface area contributed by atoms with Crippen molar-refractivity contribution in [3.05, 3.63) is 65.6 Å². The number of carbonyl (C=O) groups excluding carboxylic acids is 3. The van der Waals surface area contributed by atoms with Crippen LogP contribution >= 0.6 is 0 Å². The number of nitrogens with one attached hydrogen (secondary N) is 2. The monoisotopic (exact) mass is 492 g/mol. The summed E-state index contributed by atoms with van der Waals surface area (Å²) in [5.41, 5.74) is 0.986. The van der Waals surface area contributed by atoms with Crippen LogP contribution in [0.2, 0.25) is 0 Å². The first kappa shape index (κ1) is 25.4. The Bertz CT molecular complexity index is 1300. The fourth-order valence-corrected chi connectivity index (χ4v) is 4.85. The third kappa shape index (κ3) is 4.85. The molecule has 0 bridgehead atoms. The molecule has 0 saturated heterocycles. The Morgan fingerprint density at radius 3 is 2.53 bits per heavy atom. The normalized spacial score (nSPS) is 17.4. The van der Waals surface area contributed by atoms with Gasteiger partial charge in [-0.25, -0.2) is 4.39 Å². The molecule has 0 fully saturated rings. The molecule has 36 heavy (non-hydrogen) atoms. The van der Waals surface area contributed by atoms with Crippen molar-refractivity contribution in [3.8, 4) is 0 Å². The molecule has 4 rings (SSSR count). The summed E-state index contributed by atoms with van der Waals surface area (Å²) in [7, 11) is 0. The minimum Gasteiger partial charge on any atom is -0.354 e. The van der Waals surface area contributed by atoms with Crippen molar-refractivity contribution < 1.29 is 18.8 Å². The Balaban J connectivity index is 1.80. The molecular formula is C28H33FN4O3. The zero-order valence-corrected chi connectivity index (χ0v) is 21.2. The molecule has 7 nitrogen and oxygen atoms in total. The molecule has 0 radical (unpaired) electrons. The van der Waals surface area contributed by atoms with Gasteiger partial charge >= 0.3 is 0 Å². The van der Waals surface area contributed by atoms with Gasteiger partial charge in [0.25, 0.3) is 5.91 Å². The van der Waals surface area contributed by atoms with E-state index in [1.165, 1.54) is 19.1 Å². The van der Waals surface area contributed by atoms with E-state index >= 15 is 0 Å². The van der Waals surface area contributed by atoms with E-state index in [0.717, 1.165) is 12.0 Å². The van der Waals surface area contributed by atoms with Crippen LogP contribution in [0.15, 0.2) is 48.5 Å². The maximum Gasteiger partial charge on any atom is 0.273 e. The van der Waals surface area contributed by atoms with Gasteiger partial charge in [0.15, 0.2) is 0 Å². The summed E-state index contributed by atoms with van der Waals surface area (Å²) in [5.74, 6) is -1.02. The quantitative estimate of drug-likeness (QED) is 0.490. The average Bonchev–Trinajstić information content (AvgIpc) is 3.10. The van der Waals surface area contributed by atoms with E-state index < -0.39 is 11.4 Å². The second-order valence-corrected chi connectivity index (χ2v) is 10.1. The van der Waals surface area contributed by atoms with Gasteiger partial charge in [-0.1, -0.05) is 44.2 Å². The van der Waals surface area contributed by atoms with Gasteiger partial charge in [0.05, 0.1) is 17.7 Å². The molecule has 0 spiro atoms. The number of rotatable bonds is 8. The van der Waals surface area contributed by atoms with Crippen LogP contribution in [0.3, 0.4) is 0 Å². The van der Waals surface area contributed by atoms with Crippen molar-refractivity contribution in [3.63, 3.8) is 0 Å². The van der Waals surface area contributed by atoms with Crippen molar-refractivity contribution in [1.82, 2.24) is 14.8 Å². The first-order valence-electron chi connectivity index (χ1n) is 12.4. The molecule has 1 aromatic heterocycles. The highest BCUT2D eigenvalue weighted by Gasteiger charge is 2.48. The van der Waals surface area contributed by atoms with Gasteiger partial charge in [-0.2, -0.15) is 0 Å². The summed E-state index contributed by atoms with van der Waals surface area (Å²) < 4.78 is 15.9. The van der Waals surface area contributed by atoms with Crippen LogP contribution in [0.1, 0.15) is 50.2 Å². The van der Waals surface area contributed by atoms with E-state index in [9.17, 15) is 18.8 Å². The van der Waals surface area contributed by atoms with Gasteiger partial charge in [0.1, 0.15) is 17.1 Å². The molecule has 1 aliphatic heterocycles. The molecule has 3 aromatic rings. The number of hydrogen-bond donors (Lipinski definition) is 2. The molecule has 8 heteroatoms. The number of fused-ring (bicyclic) bond motifs is 3. The van der Waals surface area contributed by atoms with Crippen LogP contribution in [0.25, 0.3) is 10.9 Å². The molecule has 0 unspecified atom stereocenters. The predicted octanol–water partition coefficient (Wildman–Crippen LogP) is 4.36. The smallest absolute Gasteiger partial charge is 0.273 e. The molecular weight excluding hydrogens is 459 g/mol. The molecule has 1 aliphatic rings. The topological polar surface area (TPSA) is 83.4 Å². The lowest BCUT2D eigenvalue weighted by Crippen LogP contribution is -2.64. The Hall–Kier alpha value is -3.68. The van der Waals surface area contributed by atoms with Crippen molar-refractivity contribution in [2.75, 3.05) is 18.4 Å². The first-order chi connectivity index (χ1) is 17.1. The highest BCUT2D eigenvalue weighted by Crippen LogP contribution is 2.39. The van der Waals surface area contributed by atoms with Crippen molar-refractivity contribution in [2.24, 2.45) is 5.92 Å². The fourth-order valence-electron chi connectivity index (χ4n) is 4.85. The molecule has 2 N–H and O–H groups in total. The third-order valence-electron chi connectivity index (χ3n) is 6.80. The van der Waals surface area contributed by atoms with Gasteiger partial charge < -0.3 is 20.1 Å². The molecule has 1 atom stereocenters. The highest BCUT2D eigenvalue weighted by molar-refractivity contribution is 6.14. The van der Waals surface area contributed by atoms with E-state index in [0.29, 0.717) is 36.3 Å². The largest absolute Gasteiger partial charge is 0.354 e. The summed E-state index contributed by atoms with van der Waals surface area (Å²) in [4.78, 5) is 41.3. The van der Waals surface area contributed by atoms with Gasteiger partial charge in [0, 0.05) is 25.4 Å². The lowest BCUT2D eigenvalue weighted by molar-refractivity contribution is -0.132.